The molecule has 2 saturated heterocycles. The van der Waals surface area contributed by atoms with E-state index in [4.69, 9.17) is 24.2 Å². The molecule has 7 atom stereocenters. The number of ether oxygens (including phenoxy) is 3. The van der Waals surface area contributed by atoms with Crippen molar-refractivity contribution < 1.29 is 38.5 Å². The molecule has 0 unspecified atom stereocenters. The number of amides is 4. The highest BCUT2D eigenvalue weighted by atomic mass is 16.5. The van der Waals surface area contributed by atoms with Gasteiger partial charge in [-0.25, -0.2) is 19.6 Å². The highest BCUT2D eigenvalue weighted by Crippen LogP contribution is 2.44. The molecule has 0 bridgehead atoms. The van der Waals surface area contributed by atoms with Gasteiger partial charge in [0.05, 0.1) is 48.7 Å². The highest BCUT2D eigenvalue weighted by molar-refractivity contribution is 6.07. The standard InChI is InChI=1S/C47H58N8O8/c1-9-25(4)39(52-46(58)62-8)44(56)55-26(5)10-15-36(55)42-48-20-35(50-42)29-11-13-31-30(17-29)23-63-38-19-32-28(18-33(31)38)12-14-34-40(32)51-43(49-34)37-16-27(22-61-7)21-54(37)45(57)41(24(2)3)53(6)47(59)60/h11-14,17-20,24-27,36-37,39,41H,9-10,15-16,21-23H2,1-8H3,(H,48,50)(H,49,51)(H,52,58)(H,59,60)/t25-,26-,27-,36-,37-,39-,41-/m0/s1. The van der Waals surface area contributed by atoms with Crippen molar-refractivity contribution >= 4 is 45.8 Å². The Bertz CT molecular complexity index is 2550. The molecule has 5 heterocycles. The number of hydrogen-bond acceptors (Lipinski definition) is 9. The molecule has 63 heavy (non-hydrogen) atoms. The summed E-state index contributed by atoms with van der Waals surface area (Å²) in [7, 11) is 4.39. The van der Waals surface area contributed by atoms with Crippen molar-refractivity contribution in [2.75, 3.05) is 34.4 Å². The number of carbonyl (C=O) groups excluding carboxylic acids is 3. The predicted molar refractivity (Wildman–Crippen MR) is 237 cm³/mol. The van der Waals surface area contributed by atoms with Crippen LogP contribution in [0.15, 0.2) is 48.7 Å². The number of likely N-dealkylation sites (tertiary alicyclic amines) is 2. The first-order valence-electron chi connectivity index (χ1n) is 21.9. The predicted octanol–water partition coefficient (Wildman–Crippen LogP) is 7.66. The first-order valence-corrected chi connectivity index (χ1v) is 21.9. The molecule has 0 saturated carbocycles. The zero-order chi connectivity index (χ0) is 44.9. The number of aromatic nitrogens is 4. The van der Waals surface area contributed by atoms with Crippen molar-refractivity contribution in [1.82, 2.24) is 40.0 Å². The molecular formula is C47H58N8O8. The molecule has 3 aliphatic heterocycles. The van der Waals surface area contributed by atoms with Crippen LogP contribution < -0.4 is 10.1 Å². The fourth-order valence-electron chi connectivity index (χ4n) is 9.91. The van der Waals surface area contributed by atoms with Crippen molar-refractivity contribution in [1.29, 1.82) is 0 Å². The van der Waals surface area contributed by atoms with Gasteiger partial charge in [0.2, 0.25) is 11.8 Å². The number of alkyl carbamates (subject to hydrolysis) is 1. The summed E-state index contributed by atoms with van der Waals surface area (Å²) in [6, 6.07) is 12.3. The van der Waals surface area contributed by atoms with Crippen LogP contribution in [0, 0.1) is 17.8 Å². The van der Waals surface area contributed by atoms with E-state index in [-0.39, 0.29) is 47.7 Å². The van der Waals surface area contributed by atoms with Gasteiger partial charge < -0.3 is 44.4 Å². The van der Waals surface area contributed by atoms with Crippen molar-refractivity contribution in [3.63, 3.8) is 0 Å². The zero-order valence-corrected chi connectivity index (χ0v) is 37.2. The first-order chi connectivity index (χ1) is 30.2. The maximum atomic E-state index is 14.1. The van der Waals surface area contributed by atoms with E-state index in [1.54, 1.807) is 12.0 Å². The quantitative estimate of drug-likeness (QED) is 0.0967. The number of carboxylic acid groups (broad SMARTS) is 1. The molecule has 4 amide bonds. The van der Waals surface area contributed by atoms with Gasteiger partial charge in [-0.1, -0.05) is 52.3 Å². The Morgan fingerprint density at radius 3 is 2.51 bits per heavy atom. The lowest BCUT2D eigenvalue weighted by molar-refractivity contribution is -0.139. The van der Waals surface area contributed by atoms with Crippen LogP contribution in [-0.2, 0) is 25.7 Å². The molecule has 2 aromatic heterocycles. The largest absolute Gasteiger partial charge is 0.488 e. The van der Waals surface area contributed by atoms with Crippen LogP contribution in [0.3, 0.4) is 0 Å². The summed E-state index contributed by atoms with van der Waals surface area (Å²) in [5.74, 6) is 1.46. The number of hydrogen-bond donors (Lipinski definition) is 4. The third kappa shape index (κ3) is 8.05. The fraction of sp³-hybridized carbons (Fsp3) is 0.489. The van der Waals surface area contributed by atoms with Gasteiger partial charge in [0.25, 0.3) is 0 Å². The van der Waals surface area contributed by atoms with Gasteiger partial charge in [0.1, 0.15) is 36.1 Å². The van der Waals surface area contributed by atoms with E-state index < -0.39 is 24.3 Å². The number of fused-ring (bicyclic) bond motifs is 6. The molecule has 3 aliphatic rings. The number of rotatable bonds is 12. The van der Waals surface area contributed by atoms with Gasteiger partial charge in [-0.2, -0.15) is 0 Å². The topological polar surface area (TPSA) is 195 Å². The van der Waals surface area contributed by atoms with Crippen LogP contribution >= 0.6 is 0 Å². The van der Waals surface area contributed by atoms with E-state index in [1.165, 1.54) is 14.2 Å². The van der Waals surface area contributed by atoms with E-state index in [9.17, 15) is 24.3 Å². The summed E-state index contributed by atoms with van der Waals surface area (Å²) in [6.07, 6.45) is 2.94. The van der Waals surface area contributed by atoms with Crippen molar-refractivity contribution in [3.8, 4) is 28.1 Å². The SMILES string of the molecule is CC[C@H](C)[C@H](NC(=O)OC)C(=O)N1[C@@H](C)CC[C@H]1c1ncc(-c2ccc3c(c2)COc2cc4c(ccc5[nH]c([C@@H]6C[C@H](COC)CN6C(=O)[C@H](C(C)C)N(C)C(=O)O)nc54)cc2-3)[nH]1. The number of H-pyrrole nitrogens is 2. The molecule has 0 radical (unpaired) electrons. The molecule has 16 heteroatoms. The molecule has 3 aromatic carbocycles. The Kier molecular flexibility index (Phi) is 12.1. The van der Waals surface area contributed by atoms with Gasteiger partial charge in [-0.15, -0.1) is 0 Å². The number of aromatic amines is 2. The number of methoxy groups -OCH3 is 2. The van der Waals surface area contributed by atoms with E-state index in [1.807, 2.05) is 57.8 Å². The number of imidazole rings is 2. The normalized spacial score (nSPS) is 20.9. The molecule has 0 aliphatic carbocycles. The van der Waals surface area contributed by atoms with Crippen molar-refractivity contribution in [2.24, 2.45) is 17.8 Å². The summed E-state index contributed by atoms with van der Waals surface area (Å²) >= 11 is 0. The summed E-state index contributed by atoms with van der Waals surface area (Å²) in [5, 5.41) is 14.5. The molecule has 2 fully saturated rings. The lowest BCUT2D eigenvalue weighted by atomic mass is 9.92. The molecule has 16 nitrogen and oxygen atoms in total. The van der Waals surface area contributed by atoms with E-state index >= 15 is 0 Å². The highest BCUT2D eigenvalue weighted by Gasteiger charge is 2.44. The molecule has 0 spiro atoms. The van der Waals surface area contributed by atoms with E-state index in [0.29, 0.717) is 44.2 Å². The minimum atomic E-state index is -1.15. The van der Waals surface area contributed by atoms with Gasteiger partial charge in [0, 0.05) is 43.6 Å². The summed E-state index contributed by atoms with van der Waals surface area (Å²) in [4.78, 5) is 74.0. The van der Waals surface area contributed by atoms with Crippen LogP contribution in [0.2, 0.25) is 0 Å². The van der Waals surface area contributed by atoms with Crippen molar-refractivity contribution in [3.05, 3.63) is 65.9 Å². The second-order valence-electron chi connectivity index (χ2n) is 17.8. The lowest BCUT2D eigenvalue weighted by Crippen LogP contribution is -2.53. The van der Waals surface area contributed by atoms with Crippen molar-refractivity contribution in [2.45, 2.75) is 97.1 Å². The molecule has 334 valence electrons. The summed E-state index contributed by atoms with van der Waals surface area (Å²) in [5.41, 5.74) is 6.44. The number of nitrogens with one attached hydrogen (secondary N) is 3. The number of likely N-dealkylation sites (N-methyl/N-ethyl adjacent to an activating group) is 1. The number of carbonyl (C=O) groups is 4. The average molecular weight is 863 g/mol. The molecule has 8 rings (SSSR count). The molecular weight excluding hydrogens is 805 g/mol. The van der Waals surface area contributed by atoms with Crippen LogP contribution in [0.4, 0.5) is 9.59 Å². The third-order valence-corrected chi connectivity index (χ3v) is 13.4. The Hall–Kier alpha value is -6.16. The van der Waals surface area contributed by atoms with Gasteiger partial charge in [-0.3, -0.25) is 14.5 Å². The minimum Gasteiger partial charge on any atom is -0.488 e. The van der Waals surface area contributed by atoms with E-state index in [2.05, 4.69) is 45.6 Å². The second kappa shape index (κ2) is 17.5. The number of nitrogens with zero attached hydrogens (tertiary/aromatic N) is 5. The molecule has 4 N–H and O–H groups in total. The summed E-state index contributed by atoms with van der Waals surface area (Å²) < 4.78 is 16.8. The maximum Gasteiger partial charge on any atom is 0.407 e. The smallest absolute Gasteiger partial charge is 0.407 e. The Morgan fingerprint density at radius 1 is 1.00 bits per heavy atom. The monoisotopic (exact) mass is 862 g/mol. The fourth-order valence-corrected chi connectivity index (χ4v) is 9.91. The second-order valence-corrected chi connectivity index (χ2v) is 17.8. The molecule has 5 aromatic rings. The number of benzene rings is 3. The Balaban J connectivity index is 1.06. The van der Waals surface area contributed by atoms with Gasteiger partial charge >= 0.3 is 12.2 Å². The van der Waals surface area contributed by atoms with Gasteiger partial charge in [0.15, 0.2) is 0 Å². The average Bonchev–Trinajstić information content (AvgIpc) is 4.10. The summed E-state index contributed by atoms with van der Waals surface area (Å²) in [6.45, 7) is 11.0. The van der Waals surface area contributed by atoms with Gasteiger partial charge in [-0.05, 0) is 84.4 Å². The van der Waals surface area contributed by atoms with Crippen LogP contribution in [0.25, 0.3) is 44.2 Å². The lowest BCUT2D eigenvalue weighted by Gasteiger charge is -2.33. The zero-order valence-electron chi connectivity index (χ0n) is 37.2. The Labute approximate surface area is 366 Å². The first kappa shape index (κ1) is 43.5. The van der Waals surface area contributed by atoms with Crippen LogP contribution in [0.1, 0.15) is 89.6 Å². The maximum absolute atomic E-state index is 14.1. The van der Waals surface area contributed by atoms with Crippen LogP contribution in [0.5, 0.6) is 5.75 Å². The van der Waals surface area contributed by atoms with Crippen LogP contribution in [-0.4, -0.2) is 116 Å². The van der Waals surface area contributed by atoms with E-state index in [0.717, 1.165) is 73.2 Å². The Morgan fingerprint density at radius 2 is 1.79 bits per heavy atom. The minimum absolute atomic E-state index is 0.0236. The third-order valence-electron chi connectivity index (χ3n) is 13.4.